The number of aliphatic hydroxyl groups excluding tert-OH is 1. The molecule has 2 rings (SSSR count). The van der Waals surface area contributed by atoms with Gasteiger partial charge in [-0.3, -0.25) is 9.78 Å². The fourth-order valence-electron chi connectivity index (χ4n) is 2.02. The van der Waals surface area contributed by atoms with Crippen LogP contribution in [0.15, 0.2) is 22.9 Å². The van der Waals surface area contributed by atoms with E-state index in [2.05, 4.69) is 26.2 Å². The van der Waals surface area contributed by atoms with E-state index in [0.717, 1.165) is 30.2 Å². The molecule has 0 aromatic carbocycles. The van der Waals surface area contributed by atoms with Gasteiger partial charge in [0.25, 0.3) is 5.91 Å². The largest absolute Gasteiger partial charge is 0.393 e. The Balaban J connectivity index is 1.93. The second-order valence-corrected chi connectivity index (χ2v) is 5.29. The van der Waals surface area contributed by atoms with Crippen molar-refractivity contribution in [3.63, 3.8) is 0 Å². The molecule has 5 heteroatoms. The van der Waals surface area contributed by atoms with E-state index in [9.17, 15) is 9.90 Å². The Labute approximate surface area is 109 Å². The summed E-state index contributed by atoms with van der Waals surface area (Å²) in [4.78, 5) is 15.9. The summed E-state index contributed by atoms with van der Waals surface area (Å²) in [5, 5.41) is 12.4. The monoisotopic (exact) mass is 298 g/mol. The summed E-state index contributed by atoms with van der Waals surface area (Å²) in [5.41, 5.74) is 0.561. The fourth-order valence-corrected chi connectivity index (χ4v) is 2.39. The van der Waals surface area contributed by atoms with Gasteiger partial charge in [-0.15, -0.1) is 0 Å². The van der Waals surface area contributed by atoms with Crippen LogP contribution in [0.1, 0.15) is 36.0 Å². The van der Waals surface area contributed by atoms with Crippen LogP contribution in [-0.2, 0) is 0 Å². The molecule has 1 amide bonds. The maximum Gasteiger partial charge on any atom is 0.253 e. The van der Waals surface area contributed by atoms with Gasteiger partial charge in [0.1, 0.15) is 0 Å². The molecule has 1 aromatic rings. The van der Waals surface area contributed by atoms with Gasteiger partial charge < -0.3 is 10.4 Å². The van der Waals surface area contributed by atoms with Crippen molar-refractivity contribution >= 4 is 21.8 Å². The SMILES string of the molecule is O=C(NC1CCC(O)CC1)c1cncc(Br)c1. The molecule has 0 aliphatic heterocycles. The van der Waals surface area contributed by atoms with E-state index in [1.54, 1.807) is 18.5 Å². The third kappa shape index (κ3) is 3.51. The highest BCUT2D eigenvalue weighted by atomic mass is 79.9. The highest BCUT2D eigenvalue weighted by Gasteiger charge is 2.21. The van der Waals surface area contributed by atoms with Crippen LogP contribution < -0.4 is 5.32 Å². The van der Waals surface area contributed by atoms with E-state index in [-0.39, 0.29) is 18.1 Å². The maximum absolute atomic E-state index is 11.9. The number of nitrogens with zero attached hydrogens (tertiary/aromatic N) is 1. The molecule has 0 spiro atoms. The number of aliphatic hydroxyl groups is 1. The lowest BCUT2D eigenvalue weighted by Gasteiger charge is -2.26. The number of hydrogen-bond donors (Lipinski definition) is 2. The molecule has 17 heavy (non-hydrogen) atoms. The molecule has 1 aromatic heterocycles. The van der Waals surface area contributed by atoms with Gasteiger partial charge in [0, 0.05) is 22.9 Å². The predicted molar refractivity (Wildman–Crippen MR) is 67.7 cm³/mol. The number of amides is 1. The van der Waals surface area contributed by atoms with Crippen molar-refractivity contribution in [2.75, 3.05) is 0 Å². The Hall–Kier alpha value is -0.940. The Bertz CT molecular complexity index is 403. The first-order chi connectivity index (χ1) is 8.15. The molecule has 92 valence electrons. The van der Waals surface area contributed by atoms with Gasteiger partial charge in [0.2, 0.25) is 0 Å². The molecular weight excluding hydrogens is 284 g/mol. The van der Waals surface area contributed by atoms with Crippen molar-refractivity contribution in [1.29, 1.82) is 0 Å². The number of pyridine rings is 1. The maximum atomic E-state index is 11.9. The zero-order valence-corrected chi connectivity index (χ0v) is 11.0. The summed E-state index contributed by atoms with van der Waals surface area (Å²) in [6.07, 6.45) is 6.22. The number of rotatable bonds is 2. The van der Waals surface area contributed by atoms with E-state index in [0.29, 0.717) is 5.56 Å². The van der Waals surface area contributed by atoms with E-state index in [1.807, 2.05) is 0 Å². The van der Waals surface area contributed by atoms with Crippen LogP contribution in [0.2, 0.25) is 0 Å². The minimum atomic E-state index is -0.198. The molecule has 0 saturated heterocycles. The highest BCUT2D eigenvalue weighted by molar-refractivity contribution is 9.10. The lowest BCUT2D eigenvalue weighted by Crippen LogP contribution is -2.38. The molecule has 1 fully saturated rings. The Morgan fingerprint density at radius 1 is 1.35 bits per heavy atom. The molecule has 0 atom stereocenters. The molecule has 1 aliphatic carbocycles. The molecule has 2 N–H and O–H groups in total. The Morgan fingerprint density at radius 2 is 2.06 bits per heavy atom. The predicted octanol–water partition coefficient (Wildman–Crippen LogP) is 1.88. The number of carbonyl (C=O) groups is 1. The van der Waals surface area contributed by atoms with Gasteiger partial charge in [0.05, 0.1) is 11.7 Å². The average Bonchev–Trinajstić information content (AvgIpc) is 2.32. The van der Waals surface area contributed by atoms with Gasteiger partial charge >= 0.3 is 0 Å². The van der Waals surface area contributed by atoms with E-state index < -0.39 is 0 Å². The Kier molecular flexibility index (Phi) is 4.12. The van der Waals surface area contributed by atoms with Gasteiger partial charge in [-0.1, -0.05) is 0 Å². The molecule has 0 unspecified atom stereocenters. The minimum Gasteiger partial charge on any atom is -0.393 e. The smallest absolute Gasteiger partial charge is 0.253 e. The number of halogens is 1. The first kappa shape index (κ1) is 12.5. The van der Waals surface area contributed by atoms with Crippen LogP contribution in [0.4, 0.5) is 0 Å². The normalized spacial score (nSPS) is 24.4. The number of nitrogens with one attached hydrogen (secondary N) is 1. The van der Waals surface area contributed by atoms with Crippen molar-refractivity contribution in [2.45, 2.75) is 37.8 Å². The zero-order chi connectivity index (χ0) is 12.3. The van der Waals surface area contributed by atoms with E-state index >= 15 is 0 Å². The Morgan fingerprint density at radius 3 is 2.71 bits per heavy atom. The zero-order valence-electron chi connectivity index (χ0n) is 9.40. The first-order valence-electron chi connectivity index (χ1n) is 5.74. The van der Waals surface area contributed by atoms with Crippen molar-refractivity contribution in [3.8, 4) is 0 Å². The first-order valence-corrected chi connectivity index (χ1v) is 6.54. The van der Waals surface area contributed by atoms with Crippen LogP contribution in [0, 0.1) is 0 Å². The second-order valence-electron chi connectivity index (χ2n) is 4.37. The number of aromatic nitrogens is 1. The van der Waals surface area contributed by atoms with Crippen LogP contribution in [0.3, 0.4) is 0 Å². The topological polar surface area (TPSA) is 62.2 Å². The van der Waals surface area contributed by atoms with Gasteiger partial charge in [0.15, 0.2) is 0 Å². The third-order valence-corrected chi connectivity index (χ3v) is 3.43. The van der Waals surface area contributed by atoms with Crippen LogP contribution in [-0.4, -0.2) is 28.1 Å². The standard InChI is InChI=1S/C12H15BrN2O2/c13-9-5-8(6-14-7-9)12(17)15-10-1-3-11(16)4-2-10/h5-7,10-11,16H,1-4H2,(H,15,17). The summed E-state index contributed by atoms with van der Waals surface area (Å²) < 4.78 is 0.796. The van der Waals surface area contributed by atoms with Crippen molar-refractivity contribution in [3.05, 3.63) is 28.5 Å². The lowest BCUT2D eigenvalue weighted by molar-refractivity contribution is 0.0867. The van der Waals surface area contributed by atoms with Gasteiger partial charge in [-0.2, -0.15) is 0 Å². The minimum absolute atomic E-state index is 0.0970. The number of carbonyl (C=O) groups excluding carboxylic acids is 1. The van der Waals surface area contributed by atoms with E-state index in [4.69, 9.17) is 0 Å². The molecular formula is C12H15BrN2O2. The number of hydrogen-bond acceptors (Lipinski definition) is 3. The van der Waals surface area contributed by atoms with Crippen LogP contribution in [0.5, 0.6) is 0 Å². The highest BCUT2D eigenvalue weighted by Crippen LogP contribution is 2.19. The molecule has 4 nitrogen and oxygen atoms in total. The average molecular weight is 299 g/mol. The van der Waals surface area contributed by atoms with Crippen molar-refractivity contribution in [1.82, 2.24) is 10.3 Å². The summed E-state index contributed by atoms with van der Waals surface area (Å²) in [5.74, 6) is -0.0970. The molecule has 1 saturated carbocycles. The summed E-state index contributed by atoms with van der Waals surface area (Å²) >= 11 is 3.29. The van der Waals surface area contributed by atoms with Gasteiger partial charge in [-0.25, -0.2) is 0 Å². The fraction of sp³-hybridized carbons (Fsp3) is 0.500. The molecule has 1 aliphatic rings. The van der Waals surface area contributed by atoms with Crippen LogP contribution in [0.25, 0.3) is 0 Å². The molecule has 0 radical (unpaired) electrons. The summed E-state index contributed by atoms with van der Waals surface area (Å²) in [6.45, 7) is 0. The quantitative estimate of drug-likeness (QED) is 0.876. The van der Waals surface area contributed by atoms with Crippen LogP contribution >= 0.6 is 15.9 Å². The second kappa shape index (κ2) is 5.60. The molecule has 1 heterocycles. The van der Waals surface area contributed by atoms with Crippen molar-refractivity contribution < 1.29 is 9.90 Å². The lowest BCUT2D eigenvalue weighted by atomic mass is 9.93. The van der Waals surface area contributed by atoms with E-state index in [1.165, 1.54) is 0 Å². The molecule has 0 bridgehead atoms. The third-order valence-electron chi connectivity index (χ3n) is 3.00. The summed E-state index contributed by atoms with van der Waals surface area (Å²) in [6, 6.07) is 1.92. The van der Waals surface area contributed by atoms with Gasteiger partial charge in [-0.05, 0) is 47.7 Å². The summed E-state index contributed by atoms with van der Waals surface area (Å²) in [7, 11) is 0. The van der Waals surface area contributed by atoms with Crippen molar-refractivity contribution in [2.24, 2.45) is 0 Å².